The second-order valence-electron chi connectivity index (χ2n) is 4.61. The zero-order chi connectivity index (χ0) is 14.4. The number of carboxylic acid groups (broad SMARTS) is 1. The van der Waals surface area contributed by atoms with E-state index in [0.717, 1.165) is 0 Å². The smallest absolute Gasteiger partial charge is 0.325 e. The number of aliphatic carboxylic acids is 1. The third-order valence-corrected chi connectivity index (χ3v) is 2.72. The van der Waals surface area contributed by atoms with Gasteiger partial charge in [0.1, 0.15) is 12.2 Å². The van der Waals surface area contributed by atoms with Gasteiger partial charge in [0.25, 0.3) is 0 Å². The van der Waals surface area contributed by atoms with Gasteiger partial charge >= 0.3 is 5.97 Å². The molecule has 0 aromatic carbocycles. The first-order valence-electron chi connectivity index (χ1n) is 6.02. The van der Waals surface area contributed by atoms with Gasteiger partial charge < -0.3 is 16.2 Å². The van der Waals surface area contributed by atoms with Gasteiger partial charge in [0.05, 0.1) is 18.7 Å². The van der Waals surface area contributed by atoms with Crippen molar-refractivity contribution in [1.82, 2.24) is 20.3 Å². The van der Waals surface area contributed by atoms with Crippen molar-refractivity contribution >= 4 is 11.9 Å². The average molecular weight is 269 g/mol. The lowest BCUT2D eigenvalue weighted by atomic mass is 9.95. The van der Waals surface area contributed by atoms with Crippen LogP contribution in [0, 0.1) is 11.8 Å². The molecule has 19 heavy (non-hydrogen) atoms. The summed E-state index contributed by atoms with van der Waals surface area (Å²) >= 11 is 0. The van der Waals surface area contributed by atoms with Crippen LogP contribution in [-0.2, 0) is 22.7 Å². The molecule has 0 radical (unpaired) electrons. The van der Waals surface area contributed by atoms with E-state index in [1.54, 1.807) is 0 Å². The quantitative estimate of drug-likeness (QED) is 0.596. The molecule has 1 heterocycles. The van der Waals surface area contributed by atoms with Crippen LogP contribution in [0.15, 0.2) is 6.20 Å². The highest BCUT2D eigenvalue weighted by atomic mass is 16.4. The third-order valence-electron chi connectivity index (χ3n) is 2.72. The maximum absolute atomic E-state index is 11.8. The van der Waals surface area contributed by atoms with Gasteiger partial charge in [0, 0.05) is 6.54 Å². The van der Waals surface area contributed by atoms with Gasteiger partial charge in [-0.3, -0.25) is 9.59 Å². The number of nitrogens with zero attached hydrogens (tertiary/aromatic N) is 3. The van der Waals surface area contributed by atoms with Gasteiger partial charge in [-0.15, -0.1) is 5.10 Å². The fourth-order valence-corrected chi connectivity index (χ4v) is 1.63. The van der Waals surface area contributed by atoms with Gasteiger partial charge in [-0.2, -0.15) is 0 Å². The summed E-state index contributed by atoms with van der Waals surface area (Å²) in [5, 5.41) is 18.7. The summed E-state index contributed by atoms with van der Waals surface area (Å²) in [6.07, 6.45) is 1.49. The molecule has 0 aliphatic rings. The molecule has 1 aromatic heterocycles. The molecular weight excluding hydrogens is 250 g/mol. The minimum absolute atomic E-state index is 0.134. The molecule has 1 aromatic rings. The molecule has 0 aliphatic heterocycles. The molecule has 0 fully saturated rings. The largest absolute Gasteiger partial charge is 0.480 e. The second kappa shape index (κ2) is 6.83. The Morgan fingerprint density at radius 1 is 1.53 bits per heavy atom. The SMILES string of the molecule is CC(C)C(CN)C(=O)NCc1cn(CC(=O)O)nn1. The molecule has 1 atom stereocenters. The number of carbonyl (C=O) groups is 2. The van der Waals surface area contributed by atoms with E-state index < -0.39 is 5.97 Å². The molecule has 0 saturated carbocycles. The van der Waals surface area contributed by atoms with Crippen molar-refractivity contribution in [2.75, 3.05) is 6.54 Å². The fraction of sp³-hybridized carbons (Fsp3) is 0.636. The highest BCUT2D eigenvalue weighted by Crippen LogP contribution is 2.09. The van der Waals surface area contributed by atoms with E-state index in [4.69, 9.17) is 10.8 Å². The van der Waals surface area contributed by atoms with Gasteiger partial charge in [-0.25, -0.2) is 4.68 Å². The minimum atomic E-state index is -0.997. The van der Waals surface area contributed by atoms with Crippen LogP contribution in [-0.4, -0.2) is 38.5 Å². The standard InChI is InChI=1S/C11H19N5O3/c1-7(2)9(3-12)11(19)13-4-8-5-16(15-14-8)6-10(17)18/h5,7,9H,3-4,6,12H2,1-2H3,(H,13,19)(H,17,18). The molecule has 1 unspecified atom stereocenters. The number of nitrogens with two attached hydrogens (primary N) is 1. The van der Waals surface area contributed by atoms with Gasteiger partial charge in [0.2, 0.25) is 5.91 Å². The maximum Gasteiger partial charge on any atom is 0.325 e. The van der Waals surface area contributed by atoms with Crippen LogP contribution >= 0.6 is 0 Å². The van der Waals surface area contributed by atoms with Crippen molar-refractivity contribution in [3.63, 3.8) is 0 Å². The minimum Gasteiger partial charge on any atom is -0.480 e. The van der Waals surface area contributed by atoms with Crippen LogP contribution in [0.5, 0.6) is 0 Å². The lowest BCUT2D eigenvalue weighted by Crippen LogP contribution is -2.37. The molecule has 8 heteroatoms. The highest BCUT2D eigenvalue weighted by Gasteiger charge is 2.20. The zero-order valence-corrected chi connectivity index (χ0v) is 11.0. The summed E-state index contributed by atoms with van der Waals surface area (Å²) in [7, 11) is 0. The van der Waals surface area contributed by atoms with Crippen LogP contribution < -0.4 is 11.1 Å². The normalized spacial score (nSPS) is 12.4. The first-order chi connectivity index (χ1) is 8.93. The Morgan fingerprint density at radius 3 is 2.74 bits per heavy atom. The maximum atomic E-state index is 11.8. The summed E-state index contributed by atoms with van der Waals surface area (Å²) in [6.45, 7) is 4.11. The van der Waals surface area contributed by atoms with E-state index in [-0.39, 0.29) is 37.4 Å². The second-order valence-corrected chi connectivity index (χ2v) is 4.61. The first-order valence-corrected chi connectivity index (χ1v) is 6.02. The Hall–Kier alpha value is -1.96. The lowest BCUT2D eigenvalue weighted by molar-refractivity contribution is -0.138. The Labute approximate surface area is 111 Å². The summed E-state index contributed by atoms with van der Waals surface area (Å²) in [5.74, 6) is -1.21. The zero-order valence-electron chi connectivity index (χ0n) is 11.0. The fourth-order valence-electron chi connectivity index (χ4n) is 1.63. The highest BCUT2D eigenvalue weighted by molar-refractivity contribution is 5.79. The number of rotatable bonds is 7. The van der Waals surface area contributed by atoms with Crippen molar-refractivity contribution in [2.24, 2.45) is 17.6 Å². The predicted octanol–water partition coefficient (Wildman–Crippen LogP) is -0.790. The van der Waals surface area contributed by atoms with Crippen molar-refractivity contribution < 1.29 is 14.7 Å². The molecule has 0 aliphatic carbocycles. The molecule has 0 spiro atoms. The average Bonchev–Trinajstić information content (AvgIpc) is 2.73. The van der Waals surface area contributed by atoms with E-state index >= 15 is 0 Å². The summed E-state index contributed by atoms with van der Waals surface area (Å²) in [6, 6.07) is 0. The van der Waals surface area contributed by atoms with Crippen molar-refractivity contribution in [3.05, 3.63) is 11.9 Å². The van der Waals surface area contributed by atoms with Crippen molar-refractivity contribution in [3.8, 4) is 0 Å². The van der Waals surface area contributed by atoms with Gasteiger partial charge in [-0.05, 0) is 5.92 Å². The topological polar surface area (TPSA) is 123 Å². The number of carbonyl (C=O) groups excluding carboxylic acids is 1. The number of hydrogen-bond donors (Lipinski definition) is 3. The number of amides is 1. The first kappa shape index (κ1) is 15.1. The van der Waals surface area contributed by atoms with Crippen LogP contribution in [0.3, 0.4) is 0 Å². The third kappa shape index (κ3) is 4.66. The number of nitrogens with one attached hydrogen (secondary N) is 1. The monoisotopic (exact) mass is 269 g/mol. The molecule has 1 amide bonds. The number of hydrogen-bond acceptors (Lipinski definition) is 5. The van der Waals surface area contributed by atoms with E-state index in [1.165, 1.54) is 10.9 Å². The van der Waals surface area contributed by atoms with Crippen molar-refractivity contribution in [2.45, 2.75) is 26.9 Å². The van der Waals surface area contributed by atoms with Crippen LogP contribution in [0.25, 0.3) is 0 Å². The number of aromatic nitrogens is 3. The van der Waals surface area contributed by atoms with Crippen LogP contribution in [0.1, 0.15) is 19.5 Å². The Morgan fingerprint density at radius 2 is 2.21 bits per heavy atom. The molecule has 0 bridgehead atoms. The van der Waals surface area contributed by atoms with E-state index in [2.05, 4.69) is 15.6 Å². The Kier molecular flexibility index (Phi) is 5.43. The van der Waals surface area contributed by atoms with Crippen LogP contribution in [0.2, 0.25) is 0 Å². The summed E-state index contributed by atoms with van der Waals surface area (Å²) in [4.78, 5) is 22.3. The molecule has 106 valence electrons. The summed E-state index contributed by atoms with van der Waals surface area (Å²) < 4.78 is 1.20. The van der Waals surface area contributed by atoms with Gasteiger partial charge in [0.15, 0.2) is 0 Å². The predicted molar refractivity (Wildman–Crippen MR) is 66.9 cm³/mol. The molecule has 8 nitrogen and oxygen atoms in total. The van der Waals surface area contributed by atoms with E-state index in [0.29, 0.717) is 5.69 Å². The van der Waals surface area contributed by atoms with E-state index in [1.807, 2.05) is 13.8 Å². The molecule has 0 saturated heterocycles. The van der Waals surface area contributed by atoms with Crippen molar-refractivity contribution in [1.29, 1.82) is 0 Å². The molecule has 1 rings (SSSR count). The molecule has 4 N–H and O–H groups in total. The lowest BCUT2D eigenvalue weighted by Gasteiger charge is -2.17. The Balaban J connectivity index is 2.50. The van der Waals surface area contributed by atoms with E-state index in [9.17, 15) is 9.59 Å². The Bertz CT molecular complexity index is 443. The molecular formula is C11H19N5O3. The summed E-state index contributed by atoms with van der Waals surface area (Å²) in [5.41, 5.74) is 6.05. The van der Waals surface area contributed by atoms with Gasteiger partial charge in [-0.1, -0.05) is 19.1 Å². The van der Waals surface area contributed by atoms with Crippen LogP contribution in [0.4, 0.5) is 0 Å². The number of carboxylic acids is 1.